The minimum atomic E-state index is 0. The first kappa shape index (κ1) is 42.9. The number of aryl methyl sites for hydroxylation is 2. The third-order valence-electron chi connectivity index (χ3n) is 9.00. The van der Waals surface area contributed by atoms with E-state index in [0.717, 1.165) is 6.42 Å². The molecule has 0 N–H and O–H groups in total. The van der Waals surface area contributed by atoms with Gasteiger partial charge in [-0.15, -0.1) is 5.56 Å². The van der Waals surface area contributed by atoms with Crippen molar-refractivity contribution in [2.24, 2.45) is 11.3 Å². The predicted octanol–water partition coefficient (Wildman–Crippen LogP) is 6.05. The maximum absolute atomic E-state index is 3.53. The van der Waals surface area contributed by atoms with Crippen molar-refractivity contribution >= 4 is 3.21 Å². The molecular weight excluding hydrogens is 715 g/mol. The molecule has 0 nitrogen and oxygen atoms in total. The second-order valence-corrected chi connectivity index (χ2v) is 17.6. The maximum atomic E-state index is 3.53. The zero-order valence-corrected chi connectivity index (χ0v) is 35.7. The monoisotopic (exact) mass is 766 g/mol. The number of hydrogen-bond donors (Lipinski definition) is 0. The summed E-state index contributed by atoms with van der Waals surface area (Å²) in [4.78, 5) is 0. The minimum Gasteiger partial charge on any atom is -1.00 e. The fourth-order valence-corrected chi connectivity index (χ4v) is 6.46. The van der Waals surface area contributed by atoms with Crippen molar-refractivity contribution in [1.29, 1.82) is 0 Å². The zero-order chi connectivity index (χ0) is 34.7. The molecule has 0 saturated heterocycles. The van der Waals surface area contributed by atoms with Gasteiger partial charge in [-0.1, -0.05) is 115 Å². The van der Waals surface area contributed by atoms with Gasteiger partial charge in [-0.2, -0.15) is 41.0 Å². The molecule has 0 bridgehead atoms. The van der Waals surface area contributed by atoms with Gasteiger partial charge >= 0.3 is 112 Å². The molecule has 1 atom stereocenters. The van der Waals surface area contributed by atoms with Crippen LogP contribution in [-0.4, -0.2) is 3.21 Å². The van der Waals surface area contributed by atoms with Crippen LogP contribution in [0.1, 0.15) is 114 Å². The van der Waals surface area contributed by atoms with E-state index in [0.29, 0.717) is 11.3 Å². The molecule has 258 valence electrons. The molecule has 0 amide bonds. The third kappa shape index (κ3) is 11.6. The second kappa shape index (κ2) is 17.3. The quantitative estimate of drug-likeness (QED) is 0.192. The van der Waals surface area contributed by atoms with E-state index in [1.807, 2.05) is 0 Å². The number of allylic oxidation sites excluding steroid dienone is 4. The van der Waals surface area contributed by atoms with E-state index in [9.17, 15) is 0 Å². The SMILES string of the molecule is CC(C)(C)c1c[c-]c2c(c1)-c1cc(C(C)(C)C)ccc1C2.CC1[C-]=CC(C(C)(C)C)=C1.Cc1ccc([C](=[Zr+2])c2ccc(C)cc2)cc1.[Cl-].[Cl-]. The van der Waals surface area contributed by atoms with Crippen LogP contribution < -0.4 is 24.8 Å². The summed E-state index contributed by atoms with van der Waals surface area (Å²) in [5, 5.41) is 0. The number of hydrogen-bond acceptors (Lipinski definition) is 0. The van der Waals surface area contributed by atoms with Gasteiger partial charge < -0.3 is 24.8 Å². The summed E-state index contributed by atoms with van der Waals surface area (Å²) in [6.07, 6.45) is 8.68. The first-order chi connectivity index (χ1) is 21.8. The zero-order valence-electron chi connectivity index (χ0n) is 31.7. The van der Waals surface area contributed by atoms with E-state index in [1.54, 1.807) is 0 Å². The van der Waals surface area contributed by atoms with E-state index in [2.05, 4.69) is 186 Å². The molecule has 6 rings (SSSR count). The largest absolute Gasteiger partial charge is 1.00 e. The van der Waals surface area contributed by atoms with E-state index >= 15 is 0 Å². The molecule has 4 aromatic carbocycles. The fourth-order valence-electron chi connectivity index (χ4n) is 5.65. The fraction of sp³-hybridized carbons (Fsp3) is 0.370. The summed E-state index contributed by atoms with van der Waals surface area (Å²) < 4.78 is 1.42. The van der Waals surface area contributed by atoms with Crippen LogP contribution in [0, 0.1) is 37.3 Å². The molecule has 0 aliphatic heterocycles. The average Bonchev–Trinajstić information content (AvgIpc) is 3.60. The third-order valence-corrected chi connectivity index (χ3v) is 10.4. The predicted molar refractivity (Wildman–Crippen MR) is 201 cm³/mol. The first-order valence-electron chi connectivity index (χ1n) is 17.1. The molecule has 0 saturated carbocycles. The Bertz CT molecular complexity index is 1660. The van der Waals surface area contributed by atoms with Crippen molar-refractivity contribution < 1.29 is 49.0 Å². The Hall–Kier alpha value is -2.31. The van der Waals surface area contributed by atoms with Crippen LogP contribution in [0.2, 0.25) is 0 Å². The molecule has 0 heterocycles. The average molecular weight is 769 g/mol. The molecule has 2 aliphatic carbocycles. The molecule has 0 aromatic heterocycles. The molecule has 1 unspecified atom stereocenters. The van der Waals surface area contributed by atoms with Gasteiger partial charge in [-0.25, -0.2) is 6.08 Å². The second-order valence-electron chi connectivity index (χ2n) is 16.4. The maximum Gasteiger partial charge on any atom is -1.00 e. The van der Waals surface area contributed by atoms with Crippen LogP contribution in [0.5, 0.6) is 0 Å². The smallest absolute Gasteiger partial charge is 1.00 e. The van der Waals surface area contributed by atoms with Crippen molar-refractivity contribution in [2.45, 2.75) is 100 Å². The molecule has 0 radical (unpaired) electrons. The number of benzene rings is 4. The van der Waals surface area contributed by atoms with E-state index in [-0.39, 0.29) is 35.6 Å². The standard InChI is InChI=1S/C21H25.C15H14.C10H15.2ClH.Zr/c1-20(2,3)16-9-7-14-11-15-8-10-17(21(4,5)6)13-19(15)18(14)12-16;1-12-3-7-14(8-4-12)11-15-9-5-13(2)6-10-15;1-8-5-6-9(7-8)10(2,3)4;;;/h7,9-10,12-13H,11H2,1-6H3;3-10H,1-2H3;6-8H,1-4H3;2*1H;/q-1;;-1;;;+2/p-2. The van der Waals surface area contributed by atoms with E-state index < -0.39 is 0 Å². The summed E-state index contributed by atoms with van der Waals surface area (Å²) in [6, 6.07) is 32.6. The Kier molecular flexibility index (Phi) is 15.1. The molecule has 4 aromatic rings. The van der Waals surface area contributed by atoms with Gasteiger partial charge in [-0.3, -0.25) is 6.08 Å². The number of halogens is 2. The van der Waals surface area contributed by atoms with Crippen molar-refractivity contribution in [2.75, 3.05) is 0 Å². The van der Waals surface area contributed by atoms with Crippen molar-refractivity contribution in [3.05, 3.63) is 153 Å². The molecule has 0 spiro atoms. The summed E-state index contributed by atoms with van der Waals surface area (Å²) in [5.41, 5.74) is 15.8. The van der Waals surface area contributed by atoms with E-state index in [1.165, 1.54) is 88.6 Å². The van der Waals surface area contributed by atoms with Crippen LogP contribution >= 0.6 is 0 Å². The van der Waals surface area contributed by atoms with Gasteiger partial charge in [0.2, 0.25) is 0 Å². The van der Waals surface area contributed by atoms with Gasteiger partial charge in [0, 0.05) is 0 Å². The molecule has 0 fully saturated rings. The van der Waals surface area contributed by atoms with Crippen molar-refractivity contribution in [1.82, 2.24) is 0 Å². The summed E-state index contributed by atoms with van der Waals surface area (Å²) in [6.45, 7) is 26.7. The van der Waals surface area contributed by atoms with E-state index in [4.69, 9.17) is 0 Å². The Balaban J connectivity index is 0.000000265. The summed E-state index contributed by atoms with van der Waals surface area (Å²) in [7, 11) is 0. The molecule has 49 heavy (non-hydrogen) atoms. The molecule has 2 aliphatic rings. The van der Waals surface area contributed by atoms with Crippen LogP contribution in [0.15, 0.2) is 96.6 Å². The van der Waals surface area contributed by atoms with Gasteiger partial charge in [-0.05, 0) is 17.4 Å². The van der Waals surface area contributed by atoms with Crippen LogP contribution in [0.4, 0.5) is 0 Å². The Morgan fingerprint density at radius 2 is 1.14 bits per heavy atom. The summed E-state index contributed by atoms with van der Waals surface area (Å²) >= 11 is 1.46. The molecular formula is C46H54Cl2Zr-2. The Morgan fingerprint density at radius 3 is 1.55 bits per heavy atom. The normalized spacial score (nSPS) is 14.5. The van der Waals surface area contributed by atoms with Gasteiger partial charge in [0.1, 0.15) is 0 Å². The van der Waals surface area contributed by atoms with Crippen LogP contribution in [-0.2, 0) is 41.5 Å². The van der Waals surface area contributed by atoms with Gasteiger partial charge in [0.15, 0.2) is 0 Å². The van der Waals surface area contributed by atoms with Gasteiger partial charge in [0.25, 0.3) is 0 Å². The molecule has 3 heteroatoms. The number of rotatable bonds is 2. The topological polar surface area (TPSA) is 0 Å². The van der Waals surface area contributed by atoms with Crippen LogP contribution in [0.3, 0.4) is 0 Å². The minimum absolute atomic E-state index is 0. The van der Waals surface area contributed by atoms with Crippen molar-refractivity contribution in [3.63, 3.8) is 0 Å². The van der Waals surface area contributed by atoms with Crippen molar-refractivity contribution in [3.8, 4) is 11.1 Å². The summed E-state index contributed by atoms with van der Waals surface area (Å²) in [5.74, 6) is 0.522. The first-order valence-corrected chi connectivity index (χ1v) is 18.3. The van der Waals surface area contributed by atoms with Crippen LogP contribution in [0.25, 0.3) is 11.1 Å². The van der Waals surface area contributed by atoms with Gasteiger partial charge in [0.05, 0.1) is 0 Å². The Labute approximate surface area is 326 Å². The number of fused-ring (bicyclic) bond motifs is 3. The Morgan fingerprint density at radius 1 is 0.653 bits per heavy atom.